The highest BCUT2D eigenvalue weighted by atomic mass is 79.9. The Hall–Kier alpha value is -1.71. The van der Waals surface area contributed by atoms with E-state index in [0.29, 0.717) is 4.47 Å². The third-order valence-corrected chi connectivity index (χ3v) is 4.20. The molecule has 3 rings (SSSR count). The van der Waals surface area contributed by atoms with Gasteiger partial charge in [-0.15, -0.1) is 0 Å². The molecule has 0 amide bonds. The van der Waals surface area contributed by atoms with Crippen LogP contribution in [0.2, 0.25) is 0 Å². The van der Waals surface area contributed by atoms with Crippen LogP contribution in [0.25, 0.3) is 10.8 Å². The minimum absolute atomic E-state index is 0.285. The molecule has 1 nitrogen and oxygen atoms in total. The average Bonchev–Trinajstić information content (AvgIpc) is 2.45. The first-order valence-electron chi connectivity index (χ1n) is 6.76. The van der Waals surface area contributed by atoms with E-state index in [1.54, 1.807) is 0 Å². The monoisotopic (exact) mass is 343 g/mol. The zero-order valence-corrected chi connectivity index (χ0v) is 13.2. The van der Waals surface area contributed by atoms with E-state index < -0.39 is 0 Å². The number of halogens is 2. The highest BCUT2D eigenvalue weighted by Gasteiger charge is 2.16. The first-order valence-corrected chi connectivity index (χ1v) is 7.55. The van der Waals surface area contributed by atoms with Gasteiger partial charge in [0, 0.05) is 4.47 Å². The normalized spacial score (nSPS) is 12.6. The highest BCUT2D eigenvalue weighted by molar-refractivity contribution is 9.10. The molecule has 3 aromatic carbocycles. The van der Waals surface area contributed by atoms with Gasteiger partial charge >= 0.3 is 0 Å². The van der Waals surface area contributed by atoms with E-state index in [1.807, 2.05) is 25.1 Å². The number of aryl methyl sites for hydroxylation is 1. The van der Waals surface area contributed by atoms with Crippen molar-refractivity contribution in [1.29, 1.82) is 0 Å². The number of fused-ring (bicyclic) bond motifs is 1. The molecule has 0 aliphatic carbocycles. The fourth-order valence-electron chi connectivity index (χ4n) is 2.74. The topological polar surface area (TPSA) is 26.0 Å². The largest absolute Gasteiger partial charge is 0.320 e. The van der Waals surface area contributed by atoms with Crippen LogP contribution < -0.4 is 5.73 Å². The quantitative estimate of drug-likeness (QED) is 0.688. The Bertz CT molecular complexity index is 793. The standard InChI is InChI=1S/C18H15BrFN/c1-11-6-7-12-4-2-3-5-16(12)17(11)18(21)13-8-14(19)10-15(20)9-13/h2-10,18H,21H2,1H3. The van der Waals surface area contributed by atoms with Crippen molar-refractivity contribution in [3.05, 3.63) is 81.6 Å². The zero-order valence-electron chi connectivity index (χ0n) is 11.6. The molecular weight excluding hydrogens is 329 g/mol. The second-order valence-electron chi connectivity index (χ2n) is 5.20. The van der Waals surface area contributed by atoms with Crippen molar-refractivity contribution >= 4 is 26.7 Å². The zero-order chi connectivity index (χ0) is 15.0. The number of benzene rings is 3. The van der Waals surface area contributed by atoms with Gasteiger partial charge in [0.15, 0.2) is 0 Å². The van der Waals surface area contributed by atoms with Crippen LogP contribution in [0.5, 0.6) is 0 Å². The van der Waals surface area contributed by atoms with E-state index in [9.17, 15) is 4.39 Å². The molecule has 0 aromatic heterocycles. The third kappa shape index (κ3) is 2.71. The van der Waals surface area contributed by atoms with Crippen LogP contribution in [0.1, 0.15) is 22.7 Å². The lowest BCUT2D eigenvalue weighted by atomic mass is 9.91. The summed E-state index contributed by atoms with van der Waals surface area (Å²) in [6, 6.07) is 16.7. The Morgan fingerprint density at radius 2 is 1.81 bits per heavy atom. The number of hydrogen-bond acceptors (Lipinski definition) is 1. The summed E-state index contributed by atoms with van der Waals surface area (Å²) >= 11 is 3.33. The van der Waals surface area contributed by atoms with E-state index >= 15 is 0 Å². The Labute approximate surface area is 131 Å². The summed E-state index contributed by atoms with van der Waals surface area (Å²) in [5.74, 6) is -0.285. The van der Waals surface area contributed by atoms with Crippen molar-refractivity contribution in [2.24, 2.45) is 5.73 Å². The molecule has 0 saturated carbocycles. The van der Waals surface area contributed by atoms with Gasteiger partial charge in [0.2, 0.25) is 0 Å². The second-order valence-corrected chi connectivity index (χ2v) is 6.11. The molecule has 0 fully saturated rings. The predicted molar refractivity (Wildman–Crippen MR) is 88.8 cm³/mol. The van der Waals surface area contributed by atoms with Crippen LogP contribution >= 0.6 is 15.9 Å². The third-order valence-electron chi connectivity index (χ3n) is 3.74. The Morgan fingerprint density at radius 3 is 2.57 bits per heavy atom. The lowest BCUT2D eigenvalue weighted by Crippen LogP contribution is -2.14. The second kappa shape index (κ2) is 5.58. The molecule has 3 heteroatoms. The van der Waals surface area contributed by atoms with Crippen molar-refractivity contribution in [2.45, 2.75) is 13.0 Å². The minimum atomic E-state index is -0.358. The van der Waals surface area contributed by atoms with E-state index in [-0.39, 0.29) is 11.9 Å². The van der Waals surface area contributed by atoms with Crippen molar-refractivity contribution in [2.75, 3.05) is 0 Å². The first-order chi connectivity index (χ1) is 10.1. The summed E-state index contributed by atoms with van der Waals surface area (Å²) in [6.07, 6.45) is 0. The number of hydrogen-bond donors (Lipinski definition) is 1. The van der Waals surface area contributed by atoms with Crippen LogP contribution in [-0.4, -0.2) is 0 Å². The van der Waals surface area contributed by atoms with Gasteiger partial charge in [0.25, 0.3) is 0 Å². The summed E-state index contributed by atoms with van der Waals surface area (Å²) in [6.45, 7) is 2.04. The molecule has 3 aromatic rings. The summed E-state index contributed by atoms with van der Waals surface area (Å²) in [4.78, 5) is 0. The smallest absolute Gasteiger partial charge is 0.124 e. The van der Waals surface area contributed by atoms with Gasteiger partial charge in [-0.05, 0) is 52.6 Å². The first kappa shape index (κ1) is 14.2. The summed E-state index contributed by atoms with van der Waals surface area (Å²) in [7, 11) is 0. The molecular formula is C18H15BrFN. The number of nitrogens with two attached hydrogens (primary N) is 1. The summed E-state index contributed by atoms with van der Waals surface area (Å²) in [5, 5.41) is 2.26. The molecule has 0 aliphatic rings. The number of rotatable bonds is 2. The van der Waals surface area contributed by atoms with Crippen LogP contribution in [0.4, 0.5) is 4.39 Å². The molecule has 0 radical (unpaired) electrons. The Kier molecular flexibility index (Phi) is 3.79. The maximum Gasteiger partial charge on any atom is 0.124 e. The van der Waals surface area contributed by atoms with Crippen molar-refractivity contribution in [3.63, 3.8) is 0 Å². The minimum Gasteiger partial charge on any atom is -0.320 e. The van der Waals surface area contributed by atoms with Gasteiger partial charge in [-0.3, -0.25) is 0 Å². The molecule has 0 saturated heterocycles. The van der Waals surface area contributed by atoms with E-state index in [2.05, 4.69) is 40.2 Å². The van der Waals surface area contributed by atoms with Gasteiger partial charge in [-0.25, -0.2) is 4.39 Å². The summed E-state index contributed by atoms with van der Waals surface area (Å²) < 4.78 is 14.3. The molecule has 1 atom stereocenters. The molecule has 0 spiro atoms. The maximum atomic E-state index is 13.6. The Balaban J connectivity index is 2.21. The van der Waals surface area contributed by atoms with Crippen LogP contribution in [-0.2, 0) is 0 Å². The lowest BCUT2D eigenvalue weighted by Gasteiger charge is -2.18. The van der Waals surface area contributed by atoms with Gasteiger partial charge in [0.1, 0.15) is 5.82 Å². The highest BCUT2D eigenvalue weighted by Crippen LogP contribution is 2.31. The molecule has 0 aliphatic heterocycles. The molecule has 0 bridgehead atoms. The predicted octanol–water partition coefficient (Wildman–Crippen LogP) is 5.10. The Morgan fingerprint density at radius 1 is 1.05 bits per heavy atom. The van der Waals surface area contributed by atoms with E-state index in [1.165, 1.54) is 12.1 Å². The van der Waals surface area contributed by atoms with Crippen LogP contribution in [0, 0.1) is 12.7 Å². The van der Waals surface area contributed by atoms with Crippen LogP contribution in [0.15, 0.2) is 59.1 Å². The van der Waals surface area contributed by atoms with Gasteiger partial charge in [-0.1, -0.05) is 52.3 Å². The summed E-state index contributed by atoms with van der Waals surface area (Å²) in [5.41, 5.74) is 9.36. The van der Waals surface area contributed by atoms with Crippen molar-refractivity contribution in [1.82, 2.24) is 0 Å². The van der Waals surface area contributed by atoms with Gasteiger partial charge in [-0.2, -0.15) is 0 Å². The van der Waals surface area contributed by atoms with Gasteiger partial charge in [0.05, 0.1) is 6.04 Å². The molecule has 106 valence electrons. The molecule has 1 unspecified atom stereocenters. The van der Waals surface area contributed by atoms with E-state index in [4.69, 9.17) is 5.73 Å². The fourth-order valence-corrected chi connectivity index (χ4v) is 3.22. The van der Waals surface area contributed by atoms with E-state index in [0.717, 1.165) is 27.5 Å². The maximum absolute atomic E-state index is 13.6. The van der Waals surface area contributed by atoms with Crippen LogP contribution in [0.3, 0.4) is 0 Å². The van der Waals surface area contributed by atoms with Crippen molar-refractivity contribution in [3.8, 4) is 0 Å². The molecule has 21 heavy (non-hydrogen) atoms. The fraction of sp³-hybridized carbons (Fsp3) is 0.111. The SMILES string of the molecule is Cc1ccc2ccccc2c1C(N)c1cc(F)cc(Br)c1. The average molecular weight is 344 g/mol. The molecule has 2 N–H and O–H groups in total. The van der Waals surface area contributed by atoms with Crippen molar-refractivity contribution < 1.29 is 4.39 Å². The molecule has 0 heterocycles. The van der Waals surface area contributed by atoms with Gasteiger partial charge < -0.3 is 5.73 Å². The lowest BCUT2D eigenvalue weighted by molar-refractivity contribution is 0.622.